The number of hydrogen-bond donors (Lipinski definition) is 0. The van der Waals surface area contributed by atoms with Gasteiger partial charge in [0, 0.05) is 5.92 Å². The topological polar surface area (TPSA) is 34.1 Å². The van der Waals surface area contributed by atoms with Crippen molar-refractivity contribution in [3.05, 3.63) is 107 Å². The van der Waals surface area contributed by atoms with Crippen molar-refractivity contribution >= 4 is 11.6 Å². The van der Waals surface area contributed by atoms with Gasteiger partial charge in [-0.15, -0.1) is 0 Å². The average molecular weight is 354 g/mol. The lowest BCUT2D eigenvalue weighted by Gasteiger charge is -2.37. The van der Waals surface area contributed by atoms with E-state index in [2.05, 4.69) is 0 Å². The van der Waals surface area contributed by atoms with E-state index in [0.29, 0.717) is 0 Å². The summed E-state index contributed by atoms with van der Waals surface area (Å²) in [5.41, 5.74) is 3.03. The molecule has 0 aliphatic heterocycles. The van der Waals surface area contributed by atoms with E-state index >= 15 is 0 Å². The lowest BCUT2D eigenvalue weighted by molar-refractivity contribution is -0.122. The van der Waals surface area contributed by atoms with E-state index in [1.54, 1.807) is 13.8 Å². The Hall–Kier alpha value is -3.00. The molecular weight excluding hydrogens is 332 g/mol. The van der Waals surface area contributed by atoms with Crippen LogP contribution in [0.4, 0.5) is 0 Å². The summed E-state index contributed by atoms with van der Waals surface area (Å²) in [5.74, 6) is -0.435. The maximum absolute atomic E-state index is 13.4. The van der Waals surface area contributed by atoms with Crippen LogP contribution < -0.4 is 0 Å². The first-order valence-corrected chi connectivity index (χ1v) is 9.29. The third-order valence-corrected chi connectivity index (χ3v) is 5.90. The van der Waals surface area contributed by atoms with E-state index < -0.39 is 5.41 Å². The summed E-state index contributed by atoms with van der Waals surface area (Å²) < 4.78 is 0. The Balaban J connectivity index is 2.13. The van der Waals surface area contributed by atoms with Gasteiger partial charge in [-0.3, -0.25) is 9.59 Å². The molecule has 0 saturated heterocycles. The second-order valence-electron chi connectivity index (χ2n) is 7.29. The van der Waals surface area contributed by atoms with E-state index in [4.69, 9.17) is 0 Å². The van der Waals surface area contributed by atoms with E-state index in [-0.39, 0.29) is 23.4 Å². The third-order valence-electron chi connectivity index (χ3n) is 5.90. The molecule has 1 aliphatic rings. The molecule has 0 saturated carbocycles. The molecule has 2 heteroatoms. The summed E-state index contributed by atoms with van der Waals surface area (Å²) in [5, 5.41) is 0. The van der Waals surface area contributed by atoms with E-state index in [9.17, 15) is 9.59 Å². The largest absolute Gasteiger partial charge is 0.299 e. The van der Waals surface area contributed by atoms with Gasteiger partial charge in [0.1, 0.15) is 11.6 Å². The number of carbonyl (C=O) groups is 2. The van der Waals surface area contributed by atoms with Crippen LogP contribution in [0, 0.1) is 0 Å². The zero-order valence-corrected chi connectivity index (χ0v) is 15.6. The first kappa shape index (κ1) is 17.4. The molecule has 0 bridgehead atoms. The van der Waals surface area contributed by atoms with Crippen LogP contribution in [0.5, 0.6) is 0 Å². The maximum atomic E-state index is 13.4. The third kappa shape index (κ3) is 2.48. The van der Waals surface area contributed by atoms with Crippen molar-refractivity contribution in [3.63, 3.8) is 0 Å². The SMILES string of the molecule is CC(=O)[C@H]1c2ccccc2[C@](C(C)=O)(c2ccccc2)[C@@H]1c1ccccc1. The number of fused-ring (bicyclic) bond motifs is 1. The van der Waals surface area contributed by atoms with Crippen molar-refractivity contribution in [2.45, 2.75) is 31.1 Å². The summed E-state index contributed by atoms with van der Waals surface area (Å²) in [6.07, 6.45) is 0. The Bertz CT molecular complexity index is 991. The predicted octanol–water partition coefficient (Wildman–Crippen LogP) is 5.03. The number of Topliss-reactive ketones (excluding diaryl/α,β-unsaturated/α-hetero) is 2. The van der Waals surface area contributed by atoms with Crippen molar-refractivity contribution in [2.24, 2.45) is 0 Å². The quantitative estimate of drug-likeness (QED) is 0.658. The molecule has 134 valence electrons. The Kier molecular flexibility index (Phi) is 4.27. The van der Waals surface area contributed by atoms with E-state index in [0.717, 1.165) is 22.3 Å². The minimum absolute atomic E-state index is 0.0683. The zero-order chi connectivity index (χ0) is 19.0. The van der Waals surface area contributed by atoms with Gasteiger partial charge in [-0.25, -0.2) is 0 Å². The summed E-state index contributed by atoms with van der Waals surface area (Å²) >= 11 is 0. The molecule has 27 heavy (non-hydrogen) atoms. The Morgan fingerprint density at radius 3 is 1.89 bits per heavy atom. The first-order valence-electron chi connectivity index (χ1n) is 9.29. The number of ketones is 2. The normalized spacial score (nSPS) is 23.6. The summed E-state index contributed by atoms with van der Waals surface area (Å²) in [7, 11) is 0. The number of hydrogen-bond acceptors (Lipinski definition) is 2. The van der Waals surface area contributed by atoms with Crippen molar-refractivity contribution in [3.8, 4) is 0 Å². The summed E-state index contributed by atoms with van der Waals surface area (Å²) in [4.78, 5) is 26.2. The van der Waals surface area contributed by atoms with Crippen LogP contribution in [-0.4, -0.2) is 11.6 Å². The lowest BCUT2D eigenvalue weighted by Crippen LogP contribution is -2.40. The first-order chi connectivity index (χ1) is 13.1. The van der Waals surface area contributed by atoms with E-state index in [1.165, 1.54) is 0 Å². The van der Waals surface area contributed by atoms with Crippen molar-refractivity contribution in [2.75, 3.05) is 0 Å². The summed E-state index contributed by atoms with van der Waals surface area (Å²) in [6.45, 7) is 3.29. The van der Waals surface area contributed by atoms with Crippen LogP contribution in [0.3, 0.4) is 0 Å². The smallest absolute Gasteiger partial charge is 0.145 e. The molecule has 4 rings (SSSR count). The molecule has 3 aromatic carbocycles. The molecule has 3 atom stereocenters. The molecule has 0 unspecified atom stereocenters. The molecule has 0 spiro atoms. The fraction of sp³-hybridized carbons (Fsp3) is 0.200. The van der Waals surface area contributed by atoms with Crippen molar-refractivity contribution in [1.29, 1.82) is 0 Å². The maximum Gasteiger partial charge on any atom is 0.145 e. The van der Waals surface area contributed by atoms with Gasteiger partial charge in [0.15, 0.2) is 0 Å². The molecule has 0 amide bonds. The fourth-order valence-electron chi connectivity index (χ4n) is 4.93. The van der Waals surface area contributed by atoms with Gasteiger partial charge in [0.05, 0.1) is 11.3 Å². The second kappa shape index (κ2) is 6.62. The van der Waals surface area contributed by atoms with Crippen molar-refractivity contribution < 1.29 is 9.59 Å². The van der Waals surface area contributed by atoms with Gasteiger partial charge < -0.3 is 0 Å². The average Bonchev–Trinajstić information content (AvgIpc) is 3.01. The molecule has 0 N–H and O–H groups in total. The van der Waals surface area contributed by atoms with Crippen LogP contribution in [-0.2, 0) is 15.0 Å². The monoisotopic (exact) mass is 354 g/mol. The molecule has 1 aliphatic carbocycles. The van der Waals surface area contributed by atoms with Gasteiger partial charge in [-0.2, -0.15) is 0 Å². The molecule has 2 nitrogen and oxygen atoms in total. The molecule has 0 heterocycles. The predicted molar refractivity (Wildman–Crippen MR) is 107 cm³/mol. The molecule has 0 aromatic heterocycles. The van der Waals surface area contributed by atoms with Crippen LogP contribution >= 0.6 is 0 Å². The Labute approximate surface area is 159 Å². The van der Waals surface area contributed by atoms with Gasteiger partial charge in [-0.05, 0) is 36.1 Å². The lowest BCUT2D eigenvalue weighted by atomic mass is 9.63. The van der Waals surface area contributed by atoms with Crippen LogP contribution in [0.2, 0.25) is 0 Å². The Morgan fingerprint density at radius 1 is 0.741 bits per heavy atom. The highest BCUT2D eigenvalue weighted by atomic mass is 16.1. The number of benzene rings is 3. The molecule has 0 fully saturated rings. The minimum atomic E-state index is -0.866. The van der Waals surface area contributed by atoms with Crippen LogP contribution in [0.15, 0.2) is 84.9 Å². The van der Waals surface area contributed by atoms with Gasteiger partial charge in [0.2, 0.25) is 0 Å². The molecule has 0 radical (unpaired) electrons. The Morgan fingerprint density at radius 2 is 1.30 bits per heavy atom. The van der Waals surface area contributed by atoms with E-state index in [1.807, 2.05) is 84.9 Å². The second-order valence-corrected chi connectivity index (χ2v) is 7.29. The van der Waals surface area contributed by atoms with Crippen LogP contribution in [0.1, 0.15) is 47.9 Å². The molecule has 3 aromatic rings. The van der Waals surface area contributed by atoms with Gasteiger partial charge in [0.25, 0.3) is 0 Å². The van der Waals surface area contributed by atoms with Gasteiger partial charge >= 0.3 is 0 Å². The minimum Gasteiger partial charge on any atom is -0.299 e. The number of rotatable bonds is 4. The summed E-state index contributed by atoms with van der Waals surface area (Å²) in [6, 6.07) is 27.8. The highest BCUT2D eigenvalue weighted by Gasteiger charge is 2.57. The highest BCUT2D eigenvalue weighted by molar-refractivity contribution is 5.99. The standard InChI is InChI=1S/C25H22O2/c1-17(26)23-21-15-9-10-16-22(21)25(18(2)27,20-13-7-4-8-14-20)24(23)19-11-5-3-6-12-19/h3-16,23-24H,1-2H3/t23-,24+,25-/m0/s1. The van der Waals surface area contributed by atoms with Crippen molar-refractivity contribution in [1.82, 2.24) is 0 Å². The highest BCUT2D eigenvalue weighted by Crippen LogP contribution is 2.59. The number of carbonyl (C=O) groups excluding carboxylic acids is 2. The molecular formula is C25H22O2. The fourth-order valence-corrected chi connectivity index (χ4v) is 4.93. The van der Waals surface area contributed by atoms with Gasteiger partial charge in [-0.1, -0.05) is 84.9 Å². The zero-order valence-electron chi connectivity index (χ0n) is 15.6. The van der Waals surface area contributed by atoms with Crippen LogP contribution in [0.25, 0.3) is 0 Å².